The third-order valence-corrected chi connectivity index (χ3v) is 3.63. The van der Waals surface area contributed by atoms with E-state index in [2.05, 4.69) is 0 Å². The van der Waals surface area contributed by atoms with Crippen molar-refractivity contribution in [2.75, 3.05) is 13.2 Å². The third-order valence-electron chi connectivity index (χ3n) is 3.63. The molecule has 2 rings (SSSR count). The predicted octanol–water partition coefficient (Wildman–Crippen LogP) is -1.13. The van der Waals surface area contributed by atoms with E-state index < -0.39 is 29.1 Å². The van der Waals surface area contributed by atoms with Crippen LogP contribution in [0.4, 0.5) is 4.39 Å². The number of esters is 2. The van der Waals surface area contributed by atoms with Crippen LogP contribution in [0.3, 0.4) is 0 Å². The molecule has 0 aliphatic rings. The molecule has 7 nitrogen and oxygen atoms in total. The Balaban J connectivity index is 0.00000364. The van der Waals surface area contributed by atoms with Crippen LogP contribution in [0, 0.1) is 23.1 Å². The quantitative estimate of drug-likeness (QED) is 0.369. The van der Waals surface area contributed by atoms with Crippen molar-refractivity contribution in [3.63, 3.8) is 0 Å². The fourth-order valence-corrected chi connectivity index (χ4v) is 2.47. The van der Waals surface area contributed by atoms with Crippen LogP contribution in [0.2, 0.25) is 0 Å². The van der Waals surface area contributed by atoms with Gasteiger partial charge in [0.2, 0.25) is 5.43 Å². The van der Waals surface area contributed by atoms with Gasteiger partial charge in [-0.2, -0.15) is 0 Å². The zero-order chi connectivity index (χ0) is 19.4. The number of carbonyl (C=O) groups excluding carboxylic acids is 2. The van der Waals surface area contributed by atoms with Crippen LogP contribution in [-0.4, -0.2) is 29.7 Å². The van der Waals surface area contributed by atoms with E-state index >= 15 is 0 Å². The summed E-state index contributed by atoms with van der Waals surface area (Å²) in [5.41, 5.74) is -0.964. The number of aryl methyl sites for hydroxylation is 1. The van der Waals surface area contributed by atoms with Gasteiger partial charge in [-0.05, 0) is 19.4 Å². The van der Waals surface area contributed by atoms with E-state index in [9.17, 15) is 24.0 Å². The first-order valence-corrected chi connectivity index (χ1v) is 7.80. The monoisotopic (exact) mass is 382 g/mol. The molecule has 0 saturated carbocycles. The van der Waals surface area contributed by atoms with Gasteiger partial charge in [0.05, 0.1) is 13.2 Å². The summed E-state index contributed by atoms with van der Waals surface area (Å²) in [4.78, 5) is 36.2. The first-order chi connectivity index (χ1) is 12.3. The molecule has 0 aliphatic carbocycles. The maximum absolute atomic E-state index is 14.5. The number of ether oxygens (including phenoxy) is 2. The van der Waals surface area contributed by atoms with Gasteiger partial charge in [0.25, 0.3) is 5.97 Å². The first kappa shape index (κ1) is 22.7. The Bertz CT molecular complexity index is 980. The van der Waals surface area contributed by atoms with E-state index in [-0.39, 0.29) is 64.8 Å². The van der Waals surface area contributed by atoms with Gasteiger partial charge in [-0.1, -0.05) is 6.07 Å². The van der Waals surface area contributed by atoms with Crippen LogP contribution in [0.5, 0.6) is 0 Å². The van der Waals surface area contributed by atoms with E-state index in [0.29, 0.717) is 0 Å². The average Bonchev–Trinajstić information content (AvgIpc) is 2.60. The van der Waals surface area contributed by atoms with E-state index in [1.807, 2.05) is 0 Å². The van der Waals surface area contributed by atoms with E-state index in [4.69, 9.17) is 9.47 Å². The number of nitriles is 1. The number of rotatable bonds is 5. The molecule has 0 atom stereocenters. The number of halogens is 1. The Hall–Kier alpha value is -2.34. The summed E-state index contributed by atoms with van der Waals surface area (Å²) >= 11 is 0. The second-order valence-corrected chi connectivity index (χ2v) is 5.26. The largest absolute Gasteiger partial charge is 1.00 e. The van der Waals surface area contributed by atoms with Gasteiger partial charge in [-0.15, -0.1) is 11.6 Å². The predicted molar refractivity (Wildman–Crippen MR) is 89.7 cm³/mol. The molecule has 27 heavy (non-hydrogen) atoms. The second-order valence-electron chi connectivity index (χ2n) is 5.26. The number of carbonyl (C=O) groups is 2. The fraction of sp³-hybridized carbons (Fsp3) is 0.278. The van der Waals surface area contributed by atoms with E-state index in [1.165, 1.54) is 16.8 Å². The third kappa shape index (κ3) is 4.50. The minimum Gasteiger partial charge on any atom is -0.471 e. The van der Waals surface area contributed by atoms with Crippen LogP contribution >= 0.6 is 0 Å². The van der Waals surface area contributed by atoms with Gasteiger partial charge in [0.15, 0.2) is 0 Å². The van der Waals surface area contributed by atoms with Crippen LogP contribution in [0.15, 0.2) is 23.1 Å². The minimum absolute atomic E-state index is 0. The summed E-state index contributed by atoms with van der Waals surface area (Å²) in [6, 6.07) is 3.73. The summed E-state index contributed by atoms with van der Waals surface area (Å²) in [5.74, 6) is -3.22. The van der Waals surface area contributed by atoms with Crippen LogP contribution in [0.25, 0.3) is 10.9 Å². The minimum atomic E-state index is -0.957. The SMILES string of the molecule is CCOC(=O)c1cn(C)c2cc([C-](C#N)C(=O)OCC)c(F)cc2c1=O.[Na+]. The number of hydrogen-bond acceptors (Lipinski definition) is 6. The Labute approximate surface area is 177 Å². The Morgan fingerprint density at radius 2 is 1.89 bits per heavy atom. The molecule has 0 saturated heterocycles. The standard InChI is InChI=1S/C18H16FN2O5.Na/c1-4-25-17(23)12(8-20)10-7-15-11(6-14(10)19)16(22)13(9-21(15)3)18(24)26-5-2;/h6-7,9H,4-5H2,1-3H3;/q-1;+1. The van der Waals surface area contributed by atoms with Crippen LogP contribution < -0.4 is 35.0 Å². The second kappa shape index (κ2) is 9.55. The molecule has 1 aromatic heterocycles. The maximum Gasteiger partial charge on any atom is 1.00 e. The first-order valence-electron chi connectivity index (χ1n) is 7.80. The Morgan fingerprint density at radius 3 is 2.44 bits per heavy atom. The molecule has 0 bridgehead atoms. The molecule has 2 aromatic rings. The van der Waals surface area contributed by atoms with Crippen molar-refractivity contribution < 1.29 is 53.0 Å². The van der Waals surface area contributed by atoms with Crippen molar-refractivity contribution in [1.29, 1.82) is 5.26 Å². The summed E-state index contributed by atoms with van der Waals surface area (Å²) in [6.07, 6.45) is 1.26. The van der Waals surface area contributed by atoms with Gasteiger partial charge in [0, 0.05) is 36.4 Å². The molecule has 1 heterocycles. The maximum atomic E-state index is 14.5. The summed E-state index contributed by atoms with van der Waals surface area (Å²) < 4.78 is 25.5. The molecule has 136 valence electrons. The summed E-state index contributed by atoms with van der Waals surface area (Å²) in [6.45, 7) is 3.28. The fourth-order valence-electron chi connectivity index (χ4n) is 2.47. The van der Waals surface area contributed by atoms with Gasteiger partial charge >= 0.3 is 35.5 Å². The molecule has 0 amide bonds. The van der Waals surface area contributed by atoms with Gasteiger partial charge in [0.1, 0.15) is 5.56 Å². The molecule has 0 fully saturated rings. The van der Waals surface area contributed by atoms with Gasteiger partial charge in [-0.3, -0.25) is 14.0 Å². The number of nitrogens with zero attached hydrogens (tertiary/aromatic N) is 2. The Kier molecular flexibility index (Phi) is 8.03. The molecule has 0 spiro atoms. The summed E-state index contributed by atoms with van der Waals surface area (Å²) in [5, 5.41) is 9.12. The van der Waals surface area contributed by atoms with Crippen molar-refractivity contribution in [2.24, 2.45) is 7.05 Å². The molecular formula is C18H16FN2NaO5. The smallest absolute Gasteiger partial charge is 0.471 e. The molecule has 1 aromatic carbocycles. The molecule has 9 heteroatoms. The zero-order valence-corrected chi connectivity index (χ0v) is 17.5. The number of hydrogen-bond donors (Lipinski definition) is 0. The Morgan fingerprint density at radius 1 is 1.26 bits per heavy atom. The molecule has 0 unspecified atom stereocenters. The topological polar surface area (TPSA) is 98.4 Å². The van der Waals surface area contributed by atoms with E-state index in [1.54, 1.807) is 27.0 Å². The van der Waals surface area contributed by atoms with Crippen LogP contribution in [0.1, 0.15) is 29.8 Å². The van der Waals surface area contributed by atoms with Crippen molar-refractivity contribution in [2.45, 2.75) is 13.8 Å². The van der Waals surface area contributed by atoms with Crippen molar-refractivity contribution >= 4 is 22.8 Å². The van der Waals surface area contributed by atoms with Crippen LogP contribution in [-0.2, 0) is 21.3 Å². The van der Waals surface area contributed by atoms with Gasteiger partial charge in [-0.25, -0.2) is 10.1 Å². The summed E-state index contributed by atoms with van der Waals surface area (Å²) in [7, 11) is 1.54. The normalized spacial score (nSPS) is 9.89. The number of pyridine rings is 1. The average molecular weight is 382 g/mol. The number of fused-ring (bicyclic) bond motifs is 1. The molecular weight excluding hydrogens is 366 g/mol. The van der Waals surface area contributed by atoms with Gasteiger partial charge < -0.3 is 14.0 Å². The zero-order valence-electron chi connectivity index (χ0n) is 15.5. The van der Waals surface area contributed by atoms with Crippen molar-refractivity contribution in [3.05, 3.63) is 51.4 Å². The number of aromatic nitrogens is 1. The number of benzene rings is 1. The van der Waals surface area contributed by atoms with Crippen molar-refractivity contribution in [1.82, 2.24) is 4.57 Å². The molecule has 0 N–H and O–H groups in total. The van der Waals surface area contributed by atoms with Crippen molar-refractivity contribution in [3.8, 4) is 6.07 Å². The molecule has 0 radical (unpaired) electrons. The van der Waals surface area contributed by atoms with E-state index in [0.717, 1.165) is 6.07 Å². The molecule has 0 aliphatic heterocycles.